The van der Waals surface area contributed by atoms with Gasteiger partial charge in [0.05, 0.1) is 5.75 Å². The number of rotatable bonds is 9. The summed E-state index contributed by atoms with van der Waals surface area (Å²) in [6, 6.07) is 14.1. The molecule has 172 valence electrons. The number of hydrogen-bond donors (Lipinski definition) is 1. The number of carbonyl (C=O) groups is 2. The molecule has 1 aliphatic rings. The number of thioether (sulfide) groups is 1. The van der Waals surface area contributed by atoms with Crippen molar-refractivity contribution >= 4 is 39.5 Å². The van der Waals surface area contributed by atoms with Gasteiger partial charge in [-0.15, -0.1) is 11.8 Å². The van der Waals surface area contributed by atoms with Gasteiger partial charge in [0.25, 0.3) is 0 Å². The van der Waals surface area contributed by atoms with Gasteiger partial charge < -0.3 is 10.2 Å². The number of nitrogens with one attached hydrogen (secondary N) is 1. The Labute approximate surface area is 204 Å². The molecule has 0 radical (unpaired) electrons. The Kier molecular flexibility index (Phi) is 9.23. The first-order chi connectivity index (χ1) is 15.3. The second-order valence-electron chi connectivity index (χ2n) is 8.81. The highest BCUT2D eigenvalue weighted by Crippen LogP contribution is 2.21. The molecule has 2 aromatic carbocycles. The van der Waals surface area contributed by atoms with Gasteiger partial charge >= 0.3 is 0 Å². The average Bonchev–Trinajstić information content (AvgIpc) is 3.24. The fourth-order valence-electron chi connectivity index (χ4n) is 4.30. The fraction of sp³-hybridized carbons (Fsp3) is 0.462. The van der Waals surface area contributed by atoms with Crippen molar-refractivity contribution in [1.29, 1.82) is 0 Å². The first-order valence-electron chi connectivity index (χ1n) is 11.3. The molecule has 0 spiro atoms. The molecule has 0 aromatic heterocycles. The van der Waals surface area contributed by atoms with E-state index in [0.717, 1.165) is 41.5 Å². The molecule has 0 saturated heterocycles. The summed E-state index contributed by atoms with van der Waals surface area (Å²) >= 11 is 5.11. The standard InChI is InChI=1S/C26H33BrN2O2S/c1-18-11-19(2)13-22(12-18)16-32-17-25(30)29(15-21-7-6-8-23(27)14-21)20(3)26(31)28-24-9-4-5-10-24/h6-8,11-14,20,24H,4-5,9-10,15-17H2,1-3H3,(H,28,31)/t20-/m0/s1. The van der Waals surface area contributed by atoms with Crippen molar-refractivity contribution in [3.05, 3.63) is 69.2 Å². The maximum Gasteiger partial charge on any atom is 0.242 e. The molecule has 2 amide bonds. The molecular formula is C26H33BrN2O2S. The number of aryl methyl sites for hydroxylation is 2. The second kappa shape index (κ2) is 11.9. The summed E-state index contributed by atoms with van der Waals surface area (Å²) < 4.78 is 0.967. The van der Waals surface area contributed by atoms with Crippen LogP contribution < -0.4 is 5.32 Å². The Morgan fingerprint density at radius 1 is 1.09 bits per heavy atom. The highest BCUT2D eigenvalue weighted by molar-refractivity contribution is 9.10. The van der Waals surface area contributed by atoms with E-state index in [1.165, 1.54) is 16.7 Å². The number of halogens is 1. The van der Waals surface area contributed by atoms with Gasteiger partial charge in [0.2, 0.25) is 11.8 Å². The van der Waals surface area contributed by atoms with Crippen molar-refractivity contribution in [3.8, 4) is 0 Å². The smallest absolute Gasteiger partial charge is 0.242 e. The van der Waals surface area contributed by atoms with E-state index in [9.17, 15) is 9.59 Å². The van der Waals surface area contributed by atoms with Crippen molar-refractivity contribution in [1.82, 2.24) is 10.2 Å². The first-order valence-corrected chi connectivity index (χ1v) is 13.3. The van der Waals surface area contributed by atoms with Gasteiger partial charge in [-0.2, -0.15) is 0 Å². The second-order valence-corrected chi connectivity index (χ2v) is 10.7. The van der Waals surface area contributed by atoms with Gasteiger partial charge in [-0.3, -0.25) is 9.59 Å². The predicted molar refractivity (Wildman–Crippen MR) is 137 cm³/mol. The monoisotopic (exact) mass is 516 g/mol. The fourth-order valence-corrected chi connectivity index (χ4v) is 5.59. The molecule has 1 N–H and O–H groups in total. The SMILES string of the molecule is Cc1cc(C)cc(CSCC(=O)N(Cc2cccc(Br)c2)[C@@H](C)C(=O)NC2CCCC2)c1. The summed E-state index contributed by atoms with van der Waals surface area (Å²) in [7, 11) is 0. The van der Waals surface area contributed by atoms with E-state index in [2.05, 4.69) is 53.3 Å². The number of nitrogens with zero attached hydrogens (tertiary/aromatic N) is 1. The minimum atomic E-state index is -0.510. The zero-order chi connectivity index (χ0) is 23.1. The number of carbonyl (C=O) groups excluding carboxylic acids is 2. The molecule has 0 heterocycles. The topological polar surface area (TPSA) is 49.4 Å². The molecule has 1 fully saturated rings. The Morgan fingerprint density at radius 2 is 1.78 bits per heavy atom. The molecule has 0 aliphatic heterocycles. The number of benzene rings is 2. The zero-order valence-electron chi connectivity index (χ0n) is 19.2. The van der Waals surface area contributed by atoms with E-state index in [0.29, 0.717) is 12.3 Å². The van der Waals surface area contributed by atoms with Crippen LogP contribution in [-0.4, -0.2) is 34.6 Å². The zero-order valence-corrected chi connectivity index (χ0v) is 21.6. The normalized spacial score (nSPS) is 14.9. The Morgan fingerprint density at radius 3 is 2.44 bits per heavy atom. The predicted octanol–water partition coefficient (Wildman–Crippen LogP) is 5.78. The van der Waals surface area contributed by atoms with E-state index >= 15 is 0 Å². The number of amides is 2. The Bertz CT molecular complexity index is 923. The Balaban J connectivity index is 1.66. The first kappa shape index (κ1) is 24.8. The van der Waals surface area contributed by atoms with E-state index in [1.54, 1.807) is 16.7 Å². The molecule has 0 unspecified atom stereocenters. The van der Waals surface area contributed by atoms with E-state index in [4.69, 9.17) is 0 Å². The average molecular weight is 518 g/mol. The summed E-state index contributed by atoms with van der Waals surface area (Å²) in [6.45, 7) is 6.45. The Hall–Kier alpha value is -1.79. The molecule has 1 saturated carbocycles. The summed E-state index contributed by atoms with van der Waals surface area (Å²) in [4.78, 5) is 27.9. The third kappa shape index (κ3) is 7.38. The maximum absolute atomic E-state index is 13.3. The summed E-state index contributed by atoms with van der Waals surface area (Å²) in [6.07, 6.45) is 4.39. The molecule has 0 bridgehead atoms. The quantitative estimate of drug-likeness (QED) is 0.459. The van der Waals surface area contributed by atoms with Crippen molar-refractivity contribution in [3.63, 3.8) is 0 Å². The molecule has 2 aromatic rings. The van der Waals surface area contributed by atoms with Gasteiger partial charge in [0.1, 0.15) is 6.04 Å². The third-order valence-electron chi connectivity index (χ3n) is 5.89. The van der Waals surface area contributed by atoms with Crippen LogP contribution in [0.25, 0.3) is 0 Å². The van der Waals surface area contributed by atoms with Crippen LogP contribution in [0.2, 0.25) is 0 Å². The molecular weight excluding hydrogens is 484 g/mol. The van der Waals surface area contributed by atoms with E-state index in [1.807, 2.05) is 31.2 Å². The maximum atomic E-state index is 13.3. The van der Waals surface area contributed by atoms with Crippen LogP contribution in [0.3, 0.4) is 0 Å². The van der Waals surface area contributed by atoms with Crippen LogP contribution in [0.5, 0.6) is 0 Å². The van der Waals surface area contributed by atoms with E-state index in [-0.39, 0.29) is 17.9 Å². The van der Waals surface area contributed by atoms with Crippen molar-refractivity contribution in [2.75, 3.05) is 5.75 Å². The minimum absolute atomic E-state index is 0.00609. The molecule has 1 atom stereocenters. The van der Waals surface area contributed by atoms with Crippen molar-refractivity contribution in [2.45, 2.75) is 70.8 Å². The summed E-state index contributed by atoms with van der Waals surface area (Å²) in [5.41, 5.74) is 4.71. The van der Waals surface area contributed by atoms with Crippen LogP contribution in [0.1, 0.15) is 54.9 Å². The highest BCUT2D eigenvalue weighted by Gasteiger charge is 2.28. The van der Waals surface area contributed by atoms with Gasteiger partial charge in [0, 0.05) is 22.8 Å². The van der Waals surface area contributed by atoms with Gasteiger partial charge in [-0.05, 0) is 56.9 Å². The lowest BCUT2D eigenvalue weighted by Crippen LogP contribution is -2.50. The van der Waals surface area contributed by atoms with Crippen molar-refractivity contribution in [2.24, 2.45) is 0 Å². The van der Waals surface area contributed by atoms with Crippen LogP contribution in [-0.2, 0) is 21.9 Å². The van der Waals surface area contributed by atoms with Crippen LogP contribution in [0, 0.1) is 13.8 Å². The van der Waals surface area contributed by atoms with E-state index < -0.39 is 6.04 Å². The molecule has 3 rings (SSSR count). The van der Waals surface area contributed by atoms with Crippen LogP contribution >= 0.6 is 27.7 Å². The lowest BCUT2D eigenvalue weighted by Gasteiger charge is -2.29. The molecule has 1 aliphatic carbocycles. The van der Waals surface area contributed by atoms with Gasteiger partial charge in [-0.1, -0.05) is 70.2 Å². The van der Waals surface area contributed by atoms with Gasteiger partial charge in [-0.25, -0.2) is 0 Å². The third-order valence-corrected chi connectivity index (χ3v) is 7.37. The van der Waals surface area contributed by atoms with Crippen molar-refractivity contribution < 1.29 is 9.59 Å². The molecule has 6 heteroatoms. The largest absolute Gasteiger partial charge is 0.352 e. The lowest BCUT2D eigenvalue weighted by atomic mass is 10.1. The van der Waals surface area contributed by atoms with Crippen LogP contribution in [0.15, 0.2) is 46.9 Å². The molecule has 32 heavy (non-hydrogen) atoms. The lowest BCUT2D eigenvalue weighted by molar-refractivity contribution is -0.138. The van der Waals surface area contributed by atoms with Gasteiger partial charge in [0.15, 0.2) is 0 Å². The summed E-state index contributed by atoms with van der Waals surface area (Å²) in [5, 5.41) is 3.16. The van der Waals surface area contributed by atoms with Crippen LogP contribution in [0.4, 0.5) is 0 Å². The number of hydrogen-bond acceptors (Lipinski definition) is 3. The minimum Gasteiger partial charge on any atom is -0.352 e. The molecule has 4 nitrogen and oxygen atoms in total. The summed E-state index contributed by atoms with van der Waals surface area (Å²) in [5.74, 6) is 1.07. The highest BCUT2D eigenvalue weighted by atomic mass is 79.9.